The van der Waals surface area contributed by atoms with E-state index in [1.165, 1.54) is 0 Å². The molecule has 2 aliphatic carbocycles. The highest BCUT2D eigenvalue weighted by Gasteiger charge is 2.57. The van der Waals surface area contributed by atoms with Gasteiger partial charge in [0, 0.05) is 11.8 Å². The second-order valence-corrected chi connectivity index (χ2v) is 11.0. The van der Waals surface area contributed by atoms with E-state index in [4.69, 9.17) is 37.9 Å². The zero-order chi connectivity index (χ0) is 21.8. The smallest absolute Gasteiger partial charge is 0.161 e. The van der Waals surface area contributed by atoms with E-state index in [2.05, 4.69) is 13.8 Å². The highest BCUT2D eigenvalue weighted by atomic mass is 16.7. The van der Waals surface area contributed by atoms with Crippen LogP contribution >= 0.6 is 0 Å². The molecule has 0 spiro atoms. The number of hydrogen-bond acceptors (Lipinski definition) is 8. The minimum atomic E-state index is -0.106. The van der Waals surface area contributed by atoms with Gasteiger partial charge in [0.15, 0.2) is 12.6 Å². The summed E-state index contributed by atoms with van der Waals surface area (Å²) in [6, 6.07) is 0. The van der Waals surface area contributed by atoms with Crippen LogP contribution in [0.1, 0.15) is 52.4 Å². The van der Waals surface area contributed by atoms with Gasteiger partial charge in [0.1, 0.15) is 12.2 Å². The van der Waals surface area contributed by atoms with Gasteiger partial charge in [-0.05, 0) is 52.4 Å². The van der Waals surface area contributed by atoms with Crippen LogP contribution < -0.4 is 0 Å². The molecule has 0 aromatic heterocycles. The summed E-state index contributed by atoms with van der Waals surface area (Å²) in [5.41, 5.74) is 0.273. The van der Waals surface area contributed by atoms with Crippen LogP contribution in [0.5, 0.6) is 0 Å². The van der Waals surface area contributed by atoms with Crippen LogP contribution in [0.2, 0.25) is 0 Å². The fourth-order valence-electron chi connectivity index (χ4n) is 6.00. The topological polar surface area (TPSA) is 80.4 Å². The van der Waals surface area contributed by atoms with E-state index in [-0.39, 0.29) is 36.0 Å². The van der Waals surface area contributed by atoms with Gasteiger partial charge in [-0.1, -0.05) is 0 Å². The van der Waals surface area contributed by atoms with Crippen molar-refractivity contribution >= 4 is 0 Å². The molecule has 6 fully saturated rings. The SMILES string of the molecule is CC12CCC(C3OCC(COCCOCC4COC(C5CCC6(C)OC6C5)O4)O3)CC1O2. The number of ether oxygens (including phenoxy) is 8. The standard InChI is InChI=1S/C24H38O8/c1-23-5-3-15(9-19(23)31-23)21-27-13-17(29-21)11-25-7-8-26-12-18-14-28-22(30-18)16-4-6-24(2)20(10-16)32-24/h15-22H,3-14H2,1-2H3. The Morgan fingerprint density at radius 2 is 1.19 bits per heavy atom. The summed E-state index contributed by atoms with van der Waals surface area (Å²) in [7, 11) is 0. The van der Waals surface area contributed by atoms with Crippen LogP contribution in [0, 0.1) is 11.8 Å². The van der Waals surface area contributed by atoms with Gasteiger partial charge in [0.05, 0.1) is 63.1 Å². The first-order chi connectivity index (χ1) is 15.5. The highest BCUT2D eigenvalue weighted by Crippen LogP contribution is 2.51. The Kier molecular flexibility index (Phi) is 6.04. The van der Waals surface area contributed by atoms with Crippen LogP contribution in [0.4, 0.5) is 0 Å². The van der Waals surface area contributed by atoms with Crippen molar-refractivity contribution in [1.29, 1.82) is 0 Å². The summed E-state index contributed by atoms with van der Waals surface area (Å²) in [5, 5.41) is 0. The Hall–Kier alpha value is -0.320. The van der Waals surface area contributed by atoms with Crippen molar-refractivity contribution in [3.63, 3.8) is 0 Å². The maximum absolute atomic E-state index is 6.09. The molecule has 32 heavy (non-hydrogen) atoms. The molecule has 6 aliphatic rings. The average molecular weight is 455 g/mol. The van der Waals surface area contributed by atoms with Gasteiger partial charge in [0.2, 0.25) is 0 Å². The number of epoxide rings is 2. The summed E-state index contributed by atoms with van der Waals surface area (Å²) in [5.74, 6) is 0.882. The molecule has 0 aromatic carbocycles. The molecule has 10 atom stereocenters. The van der Waals surface area contributed by atoms with Gasteiger partial charge in [-0.3, -0.25) is 0 Å². The molecule has 2 saturated carbocycles. The van der Waals surface area contributed by atoms with Crippen LogP contribution in [0.3, 0.4) is 0 Å². The van der Waals surface area contributed by atoms with Crippen molar-refractivity contribution in [3.05, 3.63) is 0 Å². The first-order valence-corrected chi connectivity index (χ1v) is 12.6. The van der Waals surface area contributed by atoms with E-state index < -0.39 is 0 Å². The van der Waals surface area contributed by atoms with Gasteiger partial charge in [0.25, 0.3) is 0 Å². The molecule has 0 aromatic rings. The molecule has 0 bridgehead atoms. The van der Waals surface area contributed by atoms with E-state index in [0.29, 0.717) is 63.7 Å². The Morgan fingerprint density at radius 1 is 0.719 bits per heavy atom. The molecule has 0 N–H and O–H groups in total. The molecule has 6 rings (SSSR count). The van der Waals surface area contributed by atoms with Gasteiger partial charge in [-0.2, -0.15) is 0 Å². The average Bonchev–Trinajstić information content (AvgIpc) is 3.44. The minimum absolute atomic E-state index is 0.00792. The number of hydrogen-bond donors (Lipinski definition) is 0. The largest absolute Gasteiger partial charge is 0.376 e. The van der Waals surface area contributed by atoms with E-state index in [1.807, 2.05) is 0 Å². The van der Waals surface area contributed by atoms with Crippen molar-refractivity contribution in [2.45, 2.75) is 101 Å². The molecule has 8 nitrogen and oxygen atoms in total. The Labute approximate surface area is 190 Å². The third-order valence-electron chi connectivity index (χ3n) is 8.42. The fraction of sp³-hybridized carbons (Fsp3) is 1.00. The maximum atomic E-state index is 6.09. The van der Waals surface area contributed by atoms with Crippen molar-refractivity contribution in [2.75, 3.05) is 39.6 Å². The van der Waals surface area contributed by atoms with Crippen LogP contribution in [0.15, 0.2) is 0 Å². The highest BCUT2D eigenvalue weighted by molar-refractivity contribution is 5.05. The molecule has 4 heterocycles. The second-order valence-electron chi connectivity index (χ2n) is 11.0. The van der Waals surface area contributed by atoms with Crippen LogP contribution in [-0.4, -0.2) is 87.8 Å². The predicted molar refractivity (Wildman–Crippen MR) is 112 cm³/mol. The summed E-state index contributed by atoms with van der Waals surface area (Å²) < 4.78 is 47.1. The lowest BCUT2D eigenvalue weighted by molar-refractivity contribution is -0.118. The fourth-order valence-corrected chi connectivity index (χ4v) is 6.00. The summed E-state index contributed by atoms with van der Waals surface area (Å²) >= 11 is 0. The summed E-state index contributed by atoms with van der Waals surface area (Å²) in [6.45, 7) is 7.79. The number of fused-ring (bicyclic) bond motifs is 2. The normalized spacial score (nSPS) is 51.9. The molecule has 4 saturated heterocycles. The monoisotopic (exact) mass is 454 g/mol. The Balaban J connectivity index is 0.808. The molecular weight excluding hydrogens is 416 g/mol. The van der Waals surface area contributed by atoms with Crippen molar-refractivity contribution in [3.8, 4) is 0 Å². The van der Waals surface area contributed by atoms with Gasteiger partial charge < -0.3 is 37.9 Å². The molecule has 182 valence electrons. The van der Waals surface area contributed by atoms with Crippen molar-refractivity contribution in [2.24, 2.45) is 11.8 Å². The first kappa shape index (κ1) is 22.2. The quantitative estimate of drug-likeness (QED) is 0.388. The molecular formula is C24H38O8. The lowest BCUT2D eigenvalue weighted by Gasteiger charge is -2.26. The van der Waals surface area contributed by atoms with E-state index in [0.717, 1.165) is 38.5 Å². The number of rotatable bonds is 9. The molecule has 0 amide bonds. The lowest BCUT2D eigenvalue weighted by Crippen LogP contribution is -2.31. The Bertz CT molecular complexity index is 620. The predicted octanol–water partition coefficient (Wildman–Crippen LogP) is 2.42. The van der Waals surface area contributed by atoms with Crippen LogP contribution in [-0.2, 0) is 37.9 Å². The zero-order valence-corrected chi connectivity index (χ0v) is 19.4. The summed E-state index contributed by atoms with van der Waals surface area (Å²) in [6.07, 6.45) is 7.13. The lowest BCUT2D eigenvalue weighted by atomic mass is 9.82. The zero-order valence-electron chi connectivity index (χ0n) is 19.4. The van der Waals surface area contributed by atoms with Crippen LogP contribution in [0.25, 0.3) is 0 Å². The molecule has 0 radical (unpaired) electrons. The van der Waals surface area contributed by atoms with Gasteiger partial charge >= 0.3 is 0 Å². The molecule has 10 unspecified atom stereocenters. The van der Waals surface area contributed by atoms with E-state index >= 15 is 0 Å². The van der Waals surface area contributed by atoms with Gasteiger partial charge in [-0.15, -0.1) is 0 Å². The third kappa shape index (κ3) is 4.62. The van der Waals surface area contributed by atoms with E-state index in [1.54, 1.807) is 0 Å². The Morgan fingerprint density at radius 3 is 1.62 bits per heavy atom. The van der Waals surface area contributed by atoms with Gasteiger partial charge in [-0.25, -0.2) is 0 Å². The van der Waals surface area contributed by atoms with Crippen molar-refractivity contribution < 1.29 is 37.9 Å². The second kappa shape index (κ2) is 8.72. The third-order valence-corrected chi connectivity index (χ3v) is 8.42. The molecule has 8 heteroatoms. The summed E-state index contributed by atoms with van der Waals surface area (Å²) in [4.78, 5) is 0. The maximum Gasteiger partial charge on any atom is 0.161 e. The van der Waals surface area contributed by atoms with Crippen molar-refractivity contribution in [1.82, 2.24) is 0 Å². The minimum Gasteiger partial charge on any atom is -0.376 e. The first-order valence-electron chi connectivity index (χ1n) is 12.6. The molecule has 4 aliphatic heterocycles. The van der Waals surface area contributed by atoms with E-state index in [9.17, 15) is 0 Å².